The van der Waals surface area contributed by atoms with Gasteiger partial charge in [0.2, 0.25) is 0 Å². The monoisotopic (exact) mass is 502 g/mol. The minimum absolute atomic E-state index is 0.221. The number of hydrogen-bond donors (Lipinski definition) is 0. The van der Waals surface area contributed by atoms with Crippen LogP contribution in [-0.4, -0.2) is 12.3 Å². The third-order valence-corrected chi connectivity index (χ3v) is 8.18. The van der Waals surface area contributed by atoms with E-state index in [-0.39, 0.29) is 12.3 Å². The molecule has 0 aliphatic rings. The summed E-state index contributed by atoms with van der Waals surface area (Å²) in [5.41, 5.74) is 0. The van der Waals surface area contributed by atoms with E-state index in [1.54, 1.807) is 0 Å². The van der Waals surface area contributed by atoms with Gasteiger partial charge in [-0.15, -0.1) is 0 Å². The van der Waals surface area contributed by atoms with Gasteiger partial charge >= 0.3 is 157 Å². The van der Waals surface area contributed by atoms with Crippen LogP contribution < -0.4 is 4.43 Å². The Bertz CT molecular complexity index is 1240. The van der Waals surface area contributed by atoms with E-state index >= 15 is 0 Å². The summed E-state index contributed by atoms with van der Waals surface area (Å²) in [7, 11) is 0. The van der Waals surface area contributed by atoms with E-state index in [2.05, 4.69) is 97.7 Å². The average Bonchev–Trinajstić information content (AvgIpc) is 2.62. The molecule has 0 nitrogen and oxygen atoms in total. The summed E-state index contributed by atoms with van der Waals surface area (Å²) in [6.45, 7) is 0. The Morgan fingerprint density at radius 3 is 1.62 bits per heavy atom. The van der Waals surface area contributed by atoms with Crippen molar-refractivity contribution in [1.82, 2.24) is 0 Å². The SMILES string of the molecule is [Au][AlH][c]1cccc2cc3cc4cc5ccccc5cc4cc3cc12. The summed E-state index contributed by atoms with van der Waals surface area (Å²) < 4.78 is 1.54. The van der Waals surface area contributed by atoms with Crippen LogP contribution in [0.3, 0.4) is 0 Å². The molecule has 24 heavy (non-hydrogen) atoms. The Labute approximate surface area is 156 Å². The topological polar surface area (TPSA) is 0 Å². The molecule has 116 valence electrons. The van der Waals surface area contributed by atoms with Crippen molar-refractivity contribution in [2.45, 2.75) is 0 Å². The van der Waals surface area contributed by atoms with Gasteiger partial charge in [0, 0.05) is 0 Å². The molecule has 0 atom stereocenters. The zero-order valence-corrected chi connectivity index (χ0v) is 16.6. The predicted molar refractivity (Wildman–Crippen MR) is 103 cm³/mol. The molecule has 0 heterocycles. The van der Waals surface area contributed by atoms with Gasteiger partial charge in [0.05, 0.1) is 0 Å². The van der Waals surface area contributed by atoms with E-state index < -0.39 is 0 Å². The second-order valence-corrected chi connectivity index (χ2v) is 9.62. The molecule has 0 saturated heterocycles. The molecular weight excluding hydrogens is 488 g/mol. The van der Waals surface area contributed by atoms with Gasteiger partial charge in [-0.05, 0) is 0 Å². The summed E-state index contributed by atoms with van der Waals surface area (Å²) in [5, 5.41) is 10.7. The van der Waals surface area contributed by atoms with Crippen LogP contribution in [0.15, 0.2) is 78.9 Å². The fourth-order valence-corrected chi connectivity index (χ4v) is 6.26. The standard InChI is InChI=1S/C22H13.Al.Au.H/c1-2-6-16-10-20-14-22-12-18-8-4-3-7-17(18)11-21(22)13-19(20)9-15(16)5-1;;;/h1-7,9-14H;;;. The number of hydrogen-bond acceptors (Lipinski definition) is 0. The molecule has 0 aromatic heterocycles. The van der Waals surface area contributed by atoms with Gasteiger partial charge in [-0.1, -0.05) is 0 Å². The van der Waals surface area contributed by atoms with Crippen LogP contribution in [0.4, 0.5) is 0 Å². The van der Waals surface area contributed by atoms with Crippen LogP contribution in [-0.2, 0) is 18.8 Å². The van der Waals surface area contributed by atoms with Gasteiger partial charge in [0.25, 0.3) is 0 Å². The van der Waals surface area contributed by atoms with Crippen molar-refractivity contribution in [1.29, 1.82) is 0 Å². The average molecular weight is 502 g/mol. The van der Waals surface area contributed by atoms with Crippen molar-refractivity contribution in [2.24, 2.45) is 0 Å². The molecular formula is C22H14AlAu. The van der Waals surface area contributed by atoms with Crippen molar-refractivity contribution < 1.29 is 18.8 Å². The van der Waals surface area contributed by atoms with Crippen molar-refractivity contribution >= 4 is 59.8 Å². The van der Waals surface area contributed by atoms with Crippen LogP contribution in [0.25, 0.3) is 43.1 Å². The fourth-order valence-electron chi connectivity index (χ4n) is 3.63. The van der Waals surface area contributed by atoms with Crippen LogP contribution in [0.2, 0.25) is 0 Å². The Kier molecular flexibility index (Phi) is 3.53. The van der Waals surface area contributed by atoms with Crippen molar-refractivity contribution in [3.05, 3.63) is 78.9 Å². The zero-order chi connectivity index (χ0) is 16.1. The van der Waals surface area contributed by atoms with E-state index in [4.69, 9.17) is 0 Å². The van der Waals surface area contributed by atoms with Crippen molar-refractivity contribution in [2.75, 3.05) is 0 Å². The Morgan fingerprint density at radius 2 is 1.00 bits per heavy atom. The van der Waals surface area contributed by atoms with Crippen molar-refractivity contribution in [3.63, 3.8) is 0 Å². The summed E-state index contributed by atoms with van der Waals surface area (Å²) in [4.78, 5) is 0. The van der Waals surface area contributed by atoms with Gasteiger partial charge in [-0.2, -0.15) is 0 Å². The molecule has 0 aliphatic heterocycles. The summed E-state index contributed by atoms with van der Waals surface area (Å²) in [6.07, 6.45) is 0. The third-order valence-electron chi connectivity index (χ3n) is 4.86. The third kappa shape index (κ3) is 2.33. The molecule has 0 unspecified atom stereocenters. The first-order valence-corrected chi connectivity index (χ1v) is 13.8. The van der Waals surface area contributed by atoms with Crippen LogP contribution >= 0.6 is 0 Å². The number of fused-ring (bicyclic) bond motifs is 4. The summed E-state index contributed by atoms with van der Waals surface area (Å²) >= 11 is 2.55. The van der Waals surface area contributed by atoms with Crippen LogP contribution in [0.5, 0.6) is 0 Å². The van der Waals surface area contributed by atoms with Gasteiger partial charge < -0.3 is 0 Å². The molecule has 5 rings (SSSR count). The van der Waals surface area contributed by atoms with E-state index in [1.165, 1.54) is 47.5 Å². The molecule has 0 saturated carbocycles. The van der Waals surface area contributed by atoms with Gasteiger partial charge in [-0.25, -0.2) is 0 Å². The Balaban J connectivity index is 1.90. The van der Waals surface area contributed by atoms with Gasteiger partial charge in [0.1, 0.15) is 0 Å². The second kappa shape index (κ2) is 5.74. The molecule has 0 spiro atoms. The second-order valence-electron chi connectivity index (χ2n) is 6.34. The molecule has 0 radical (unpaired) electrons. The number of rotatable bonds is 1. The molecule has 0 amide bonds. The predicted octanol–water partition coefficient (Wildman–Crippen LogP) is 4.82. The maximum absolute atomic E-state index is 2.78. The molecule has 5 aromatic carbocycles. The first-order chi connectivity index (χ1) is 11.8. The normalized spacial score (nSPS) is 11.6. The molecule has 2 heteroatoms. The number of benzene rings is 5. The fraction of sp³-hybridized carbons (Fsp3) is 0. The van der Waals surface area contributed by atoms with Gasteiger partial charge in [-0.3, -0.25) is 0 Å². The van der Waals surface area contributed by atoms with Crippen molar-refractivity contribution in [3.8, 4) is 0 Å². The van der Waals surface area contributed by atoms with E-state index in [0.717, 1.165) is 0 Å². The quantitative estimate of drug-likeness (QED) is 0.228. The molecule has 0 bridgehead atoms. The Morgan fingerprint density at radius 1 is 0.500 bits per heavy atom. The maximum atomic E-state index is 2.78. The van der Waals surface area contributed by atoms with E-state index in [9.17, 15) is 0 Å². The molecule has 0 aliphatic carbocycles. The van der Waals surface area contributed by atoms with Crippen LogP contribution in [0, 0.1) is 0 Å². The molecule has 0 N–H and O–H groups in total. The molecule has 5 aromatic rings. The Hall–Kier alpha value is -1.59. The van der Waals surface area contributed by atoms with Crippen LogP contribution in [0.1, 0.15) is 0 Å². The summed E-state index contributed by atoms with van der Waals surface area (Å²) in [5.74, 6) is 0. The summed E-state index contributed by atoms with van der Waals surface area (Å²) in [6, 6.07) is 29.4. The van der Waals surface area contributed by atoms with E-state index in [1.807, 2.05) is 0 Å². The zero-order valence-electron chi connectivity index (χ0n) is 13.0. The van der Waals surface area contributed by atoms with E-state index in [0.29, 0.717) is 0 Å². The first-order valence-electron chi connectivity index (χ1n) is 8.10. The van der Waals surface area contributed by atoms with Gasteiger partial charge in [0.15, 0.2) is 0 Å². The minimum atomic E-state index is -0.221. The molecule has 0 fully saturated rings. The first kappa shape index (κ1) is 14.7.